The first-order chi connectivity index (χ1) is 13.2. The fourth-order valence-corrected chi connectivity index (χ4v) is 2.46. The summed E-state index contributed by atoms with van der Waals surface area (Å²) < 4.78 is 15.7. The van der Waals surface area contributed by atoms with Gasteiger partial charge in [0.1, 0.15) is 12.0 Å². The molecule has 0 fully saturated rings. The summed E-state index contributed by atoms with van der Waals surface area (Å²) >= 11 is 0. The first-order valence-corrected chi connectivity index (χ1v) is 8.03. The molecule has 0 unspecified atom stereocenters. The van der Waals surface area contributed by atoms with Crippen molar-refractivity contribution < 1.29 is 18.7 Å². The van der Waals surface area contributed by atoms with E-state index >= 15 is 0 Å². The number of nitrogens with zero attached hydrogens (tertiary/aromatic N) is 2. The monoisotopic (exact) mass is 368 g/mol. The van der Waals surface area contributed by atoms with Crippen molar-refractivity contribution >= 4 is 23.2 Å². The molecule has 1 amide bonds. The van der Waals surface area contributed by atoms with Crippen LogP contribution in [0.1, 0.15) is 16.1 Å². The molecule has 27 heavy (non-hydrogen) atoms. The lowest BCUT2D eigenvalue weighted by molar-refractivity contribution is 0.0935. The standard InChI is InChI=1S/C17H16N6O4/c18-14-15(19-7-10-3-4-11-13(6-10)27-9-26-11)20-8-21-16(14)22-23-17(24)12-2-1-5-25-12/h1-6,8H,7,9,18H2,(H,23,24)(H2,19,20,21,22). The number of fused-ring (bicyclic) bond motifs is 1. The van der Waals surface area contributed by atoms with Crippen LogP contribution in [0, 0.1) is 0 Å². The van der Waals surface area contributed by atoms with Crippen LogP contribution in [0.2, 0.25) is 0 Å². The van der Waals surface area contributed by atoms with Crippen molar-refractivity contribution in [2.75, 3.05) is 23.3 Å². The summed E-state index contributed by atoms with van der Waals surface area (Å²) in [5.41, 5.74) is 12.4. The maximum atomic E-state index is 11.9. The Morgan fingerprint density at radius 1 is 1.15 bits per heavy atom. The van der Waals surface area contributed by atoms with Crippen molar-refractivity contribution in [3.05, 3.63) is 54.2 Å². The molecule has 0 aliphatic carbocycles. The Bertz CT molecular complexity index is 960. The quantitative estimate of drug-likeness (QED) is 0.480. The number of hydrogen-bond donors (Lipinski definition) is 4. The maximum absolute atomic E-state index is 11.9. The second kappa shape index (κ2) is 7.12. The number of nitrogens with one attached hydrogen (secondary N) is 3. The van der Waals surface area contributed by atoms with Gasteiger partial charge in [-0.1, -0.05) is 6.07 Å². The summed E-state index contributed by atoms with van der Waals surface area (Å²) in [5, 5.41) is 3.13. The third-order valence-electron chi connectivity index (χ3n) is 3.82. The lowest BCUT2D eigenvalue weighted by atomic mass is 10.2. The number of nitrogens with two attached hydrogens (primary N) is 1. The number of nitrogen functional groups attached to an aromatic ring is 1. The molecule has 1 aliphatic rings. The van der Waals surface area contributed by atoms with E-state index < -0.39 is 5.91 Å². The summed E-state index contributed by atoms with van der Waals surface area (Å²) in [6.07, 6.45) is 2.74. The zero-order valence-electron chi connectivity index (χ0n) is 14.1. The molecule has 3 heterocycles. The average Bonchev–Trinajstić information content (AvgIpc) is 3.37. The minimum Gasteiger partial charge on any atom is -0.459 e. The molecule has 10 nitrogen and oxygen atoms in total. The van der Waals surface area contributed by atoms with Crippen molar-refractivity contribution in [3.63, 3.8) is 0 Å². The summed E-state index contributed by atoms with van der Waals surface area (Å²) in [4.78, 5) is 20.0. The van der Waals surface area contributed by atoms with E-state index in [1.165, 1.54) is 12.6 Å². The summed E-state index contributed by atoms with van der Waals surface area (Å²) in [7, 11) is 0. The van der Waals surface area contributed by atoms with Crippen LogP contribution in [0.5, 0.6) is 11.5 Å². The summed E-state index contributed by atoms with van der Waals surface area (Å²) in [6, 6.07) is 8.81. The smallest absolute Gasteiger partial charge is 0.305 e. The van der Waals surface area contributed by atoms with Crippen LogP contribution in [-0.4, -0.2) is 22.7 Å². The predicted molar refractivity (Wildman–Crippen MR) is 96.1 cm³/mol. The Kier molecular flexibility index (Phi) is 4.35. The molecule has 0 spiro atoms. The molecule has 138 valence electrons. The Balaban J connectivity index is 1.40. The van der Waals surface area contributed by atoms with Crippen molar-refractivity contribution in [2.24, 2.45) is 0 Å². The number of hydrazine groups is 1. The lowest BCUT2D eigenvalue weighted by Gasteiger charge is -2.13. The first-order valence-electron chi connectivity index (χ1n) is 8.03. The zero-order valence-corrected chi connectivity index (χ0v) is 14.1. The number of amides is 1. The normalized spacial score (nSPS) is 11.9. The number of carbonyl (C=O) groups excluding carboxylic acids is 1. The highest BCUT2D eigenvalue weighted by molar-refractivity contribution is 5.92. The fraction of sp³-hybridized carbons (Fsp3) is 0.118. The van der Waals surface area contributed by atoms with Gasteiger partial charge in [0, 0.05) is 6.54 Å². The number of rotatable bonds is 6. The van der Waals surface area contributed by atoms with E-state index in [0.717, 1.165) is 11.3 Å². The Morgan fingerprint density at radius 2 is 2.00 bits per heavy atom. The van der Waals surface area contributed by atoms with Crippen molar-refractivity contribution in [1.82, 2.24) is 15.4 Å². The molecule has 0 radical (unpaired) electrons. The van der Waals surface area contributed by atoms with E-state index in [4.69, 9.17) is 19.6 Å². The van der Waals surface area contributed by atoms with E-state index in [2.05, 4.69) is 26.1 Å². The topological polar surface area (TPSA) is 137 Å². The predicted octanol–water partition coefficient (Wildman–Crippen LogP) is 1.75. The fourth-order valence-electron chi connectivity index (χ4n) is 2.46. The van der Waals surface area contributed by atoms with Crippen LogP contribution >= 0.6 is 0 Å². The molecule has 0 saturated carbocycles. The lowest BCUT2D eigenvalue weighted by Crippen LogP contribution is -2.30. The van der Waals surface area contributed by atoms with Crippen molar-refractivity contribution in [3.8, 4) is 11.5 Å². The summed E-state index contributed by atoms with van der Waals surface area (Å²) in [6.45, 7) is 0.694. The summed E-state index contributed by atoms with van der Waals surface area (Å²) in [5.74, 6) is 1.83. The number of furan rings is 1. The van der Waals surface area contributed by atoms with E-state index in [0.29, 0.717) is 18.1 Å². The van der Waals surface area contributed by atoms with Crippen molar-refractivity contribution in [2.45, 2.75) is 6.54 Å². The van der Waals surface area contributed by atoms with Crippen LogP contribution in [0.3, 0.4) is 0 Å². The number of anilines is 3. The second-order valence-electron chi connectivity index (χ2n) is 5.58. The molecule has 0 bridgehead atoms. The number of ether oxygens (including phenoxy) is 2. The minimum atomic E-state index is -0.451. The minimum absolute atomic E-state index is 0.163. The first kappa shape index (κ1) is 16.5. The molecule has 0 atom stereocenters. The Hall–Kier alpha value is -3.95. The van der Waals surface area contributed by atoms with Gasteiger partial charge in [-0.3, -0.25) is 15.6 Å². The highest BCUT2D eigenvalue weighted by Crippen LogP contribution is 2.32. The number of benzene rings is 1. The van der Waals surface area contributed by atoms with E-state index in [-0.39, 0.29) is 24.1 Å². The van der Waals surface area contributed by atoms with E-state index in [1.54, 1.807) is 12.1 Å². The molecular formula is C17H16N6O4. The molecular weight excluding hydrogens is 352 g/mol. The molecule has 5 N–H and O–H groups in total. The molecule has 4 rings (SSSR count). The van der Waals surface area contributed by atoms with Gasteiger partial charge in [-0.05, 0) is 29.8 Å². The van der Waals surface area contributed by atoms with Crippen LogP contribution in [0.4, 0.5) is 17.3 Å². The molecule has 2 aromatic heterocycles. The van der Waals surface area contributed by atoms with Gasteiger partial charge in [-0.25, -0.2) is 9.97 Å². The highest BCUT2D eigenvalue weighted by Gasteiger charge is 2.14. The van der Waals surface area contributed by atoms with Gasteiger partial charge in [0.15, 0.2) is 28.9 Å². The largest absolute Gasteiger partial charge is 0.459 e. The van der Waals surface area contributed by atoms with Crippen LogP contribution in [-0.2, 0) is 6.54 Å². The van der Waals surface area contributed by atoms with Crippen LogP contribution in [0.25, 0.3) is 0 Å². The van der Waals surface area contributed by atoms with Gasteiger partial charge < -0.3 is 24.9 Å². The van der Waals surface area contributed by atoms with Gasteiger partial charge in [0.25, 0.3) is 0 Å². The number of aromatic nitrogens is 2. The molecule has 1 aliphatic heterocycles. The van der Waals surface area contributed by atoms with Crippen molar-refractivity contribution in [1.29, 1.82) is 0 Å². The average molecular weight is 368 g/mol. The van der Waals surface area contributed by atoms with E-state index in [1.807, 2.05) is 18.2 Å². The van der Waals surface area contributed by atoms with Gasteiger partial charge >= 0.3 is 5.91 Å². The molecule has 1 aromatic carbocycles. The molecule has 3 aromatic rings. The Morgan fingerprint density at radius 3 is 2.85 bits per heavy atom. The molecule has 10 heteroatoms. The van der Waals surface area contributed by atoms with Crippen LogP contribution in [0.15, 0.2) is 47.3 Å². The molecule has 0 saturated heterocycles. The van der Waals surface area contributed by atoms with Gasteiger partial charge in [-0.2, -0.15) is 0 Å². The van der Waals surface area contributed by atoms with Crippen LogP contribution < -0.4 is 31.4 Å². The SMILES string of the molecule is Nc1c(NCc2ccc3c(c2)OCO3)ncnc1NNC(=O)c1ccco1. The third kappa shape index (κ3) is 3.54. The number of carbonyl (C=O) groups is 1. The number of hydrogen-bond acceptors (Lipinski definition) is 9. The van der Waals surface area contributed by atoms with E-state index in [9.17, 15) is 4.79 Å². The third-order valence-corrected chi connectivity index (χ3v) is 3.82. The Labute approximate surface area is 153 Å². The maximum Gasteiger partial charge on any atom is 0.305 e. The van der Waals surface area contributed by atoms with Gasteiger partial charge in [0.2, 0.25) is 6.79 Å². The zero-order chi connectivity index (χ0) is 18.6. The van der Waals surface area contributed by atoms with Gasteiger partial charge in [0.05, 0.1) is 6.26 Å². The highest BCUT2D eigenvalue weighted by atomic mass is 16.7. The second-order valence-corrected chi connectivity index (χ2v) is 5.58. The van der Waals surface area contributed by atoms with Gasteiger partial charge in [-0.15, -0.1) is 0 Å².